The minimum absolute atomic E-state index is 0.0657. The summed E-state index contributed by atoms with van der Waals surface area (Å²) in [5.74, 6) is 1.17. The summed E-state index contributed by atoms with van der Waals surface area (Å²) in [6, 6.07) is 16.9. The number of hydrazine groups is 1. The number of rotatable bonds is 4. The Morgan fingerprint density at radius 1 is 1.11 bits per heavy atom. The molecular weight excluding hydrogens is 338 g/mol. The van der Waals surface area contributed by atoms with Gasteiger partial charge in [-0.05, 0) is 43.4 Å². The Morgan fingerprint density at radius 2 is 1.89 bits per heavy atom. The van der Waals surface area contributed by atoms with Gasteiger partial charge in [0.25, 0.3) is 5.91 Å². The predicted octanol–water partition coefficient (Wildman–Crippen LogP) is 3.07. The average Bonchev–Trinajstić information content (AvgIpc) is 3.37. The Morgan fingerprint density at radius 3 is 2.67 bits per heavy atom. The van der Waals surface area contributed by atoms with Crippen LogP contribution in [0.2, 0.25) is 0 Å². The van der Waals surface area contributed by atoms with Crippen LogP contribution in [0.3, 0.4) is 0 Å². The van der Waals surface area contributed by atoms with Crippen molar-refractivity contribution in [1.29, 1.82) is 0 Å². The van der Waals surface area contributed by atoms with Gasteiger partial charge in [-0.1, -0.05) is 42.0 Å². The Labute approximate surface area is 160 Å². The number of nitrogens with one attached hydrogen (secondary N) is 2. The number of amides is 1. The number of hydrogen-bond acceptors (Lipinski definition) is 4. The molecule has 4 rings (SSSR count). The van der Waals surface area contributed by atoms with Crippen molar-refractivity contribution in [3.63, 3.8) is 0 Å². The van der Waals surface area contributed by atoms with Crippen LogP contribution in [0.25, 0.3) is 0 Å². The zero-order valence-electron chi connectivity index (χ0n) is 15.9. The van der Waals surface area contributed by atoms with E-state index in [0.29, 0.717) is 29.3 Å². The number of carbonyl (C=O) groups excluding carboxylic acids is 1. The number of para-hydroxylation sites is 1. The maximum Gasteiger partial charge on any atom is 0.257 e. The van der Waals surface area contributed by atoms with Crippen LogP contribution in [0.15, 0.2) is 48.5 Å². The lowest BCUT2D eigenvalue weighted by Crippen LogP contribution is -2.38. The highest BCUT2D eigenvalue weighted by molar-refractivity contribution is 5.97. The van der Waals surface area contributed by atoms with E-state index in [0.717, 1.165) is 25.9 Å². The van der Waals surface area contributed by atoms with Gasteiger partial charge in [0.15, 0.2) is 0 Å². The second-order valence-corrected chi connectivity index (χ2v) is 7.59. The molecule has 0 aliphatic carbocycles. The lowest BCUT2D eigenvalue weighted by atomic mass is 9.92. The first-order valence-electron chi connectivity index (χ1n) is 9.65. The molecule has 3 unspecified atom stereocenters. The van der Waals surface area contributed by atoms with E-state index in [1.165, 1.54) is 11.1 Å². The summed E-state index contributed by atoms with van der Waals surface area (Å²) in [4.78, 5) is 14.9. The highest BCUT2D eigenvalue weighted by atomic mass is 16.5. The lowest BCUT2D eigenvalue weighted by Gasteiger charge is -2.20. The van der Waals surface area contributed by atoms with Gasteiger partial charge < -0.3 is 9.64 Å². The van der Waals surface area contributed by atoms with Crippen molar-refractivity contribution in [2.45, 2.75) is 31.8 Å². The topological polar surface area (TPSA) is 53.6 Å². The number of likely N-dealkylation sites (tertiary alicyclic amines) is 1. The minimum atomic E-state index is 0.0657. The molecule has 5 heteroatoms. The molecule has 2 N–H and O–H groups in total. The average molecular weight is 365 g/mol. The molecule has 3 atom stereocenters. The fourth-order valence-corrected chi connectivity index (χ4v) is 4.20. The van der Waals surface area contributed by atoms with E-state index >= 15 is 0 Å². The van der Waals surface area contributed by atoms with Gasteiger partial charge in [-0.3, -0.25) is 15.6 Å². The smallest absolute Gasteiger partial charge is 0.257 e. The number of methoxy groups -OCH3 is 1. The summed E-state index contributed by atoms with van der Waals surface area (Å²) in [5, 5.41) is 0. The van der Waals surface area contributed by atoms with E-state index in [1.54, 1.807) is 7.11 Å². The Balaban J connectivity index is 1.38. The monoisotopic (exact) mass is 365 g/mol. The van der Waals surface area contributed by atoms with Gasteiger partial charge in [-0.25, -0.2) is 0 Å². The van der Waals surface area contributed by atoms with E-state index in [1.807, 2.05) is 29.2 Å². The lowest BCUT2D eigenvalue weighted by molar-refractivity contribution is 0.0781. The highest BCUT2D eigenvalue weighted by Crippen LogP contribution is 2.31. The fraction of sp³-hybridized carbons (Fsp3) is 0.409. The molecule has 27 heavy (non-hydrogen) atoms. The van der Waals surface area contributed by atoms with Gasteiger partial charge in [0.05, 0.1) is 12.7 Å². The third-order valence-electron chi connectivity index (χ3n) is 5.83. The number of benzene rings is 2. The van der Waals surface area contributed by atoms with Gasteiger partial charge in [0.1, 0.15) is 5.75 Å². The van der Waals surface area contributed by atoms with Gasteiger partial charge in [0, 0.05) is 25.2 Å². The first-order valence-corrected chi connectivity index (χ1v) is 9.65. The molecule has 2 aromatic rings. The zero-order valence-corrected chi connectivity index (χ0v) is 15.9. The molecule has 0 spiro atoms. The summed E-state index contributed by atoms with van der Waals surface area (Å²) in [6.45, 7) is 3.70. The summed E-state index contributed by atoms with van der Waals surface area (Å²) in [5.41, 5.74) is 10.2. The number of aryl methyl sites for hydroxylation is 1. The van der Waals surface area contributed by atoms with Gasteiger partial charge in [-0.2, -0.15) is 0 Å². The normalized spacial score (nSPS) is 25.0. The second-order valence-electron chi connectivity index (χ2n) is 7.59. The highest BCUT2D eigenvalue weighted by Gasteiger charge is 2.37. The molecule has 1 amide bonds. The number of carbonyl (C=O) groups is 1. The molecule has 0 aromatic heterocycles. The summed E-state index contributed by atoms with van der Waals surface area (Å²) >= 11 is 0. The van der Waals surface area contributed by atoms with Crippen LogP contribution in [0, 0.1) is 12.8 Å². The van der Waals surface area contributed by atoms with Crippen LogP contribution in [0.5, 0.6) is 5.75 Å². The maximum atomic E-state index is 12.9. The number of ether oxygens (including phenoxy) is 1. The molecule has 0 radical (unpaired) electrons. The summed E-state index contributed by atoms with van der Waals surface area (Å²) in [7, 11) is 1.61. The molecule has 0 saturated carbocycles. The van der Waals surface area contributed by atoms with Crippen LogP contribution in [0.1, 0.15) is 40.4 Å². The molecular formula is C22H27N3O2. The Hall–Kier alpha value is -2.37. The van der Waals surface area contributed by atoms with E-state index in [4.69, 9.17) is 4.74 Å². The van der Waals surface area contributed by atoms with E-state index < -0.39 is 0 Å². The quantitative estimate of drug-likeness (QED) is 0.874. The molecule has 142 valence electrons. The number of nitrogens with zero attached hydrogens (tertiary/aromatic N) is 1. The van der Waals surface area contributed by atoms with Crippen molar-refractivity contribution in [3.05, 3.63) is 65.2 Å². The Bertz CT molecular complexity index is 805. The molecule has 2 aliphatic heterocycles. The standard InChI is InChI=1S/C22H27N3O2/c1-15-7-9-16(10-8-15)19-13-20(24-23-19)17-11-12-25(14-17)22(26)18-5-3-4-6-21(18)27-2/h3-10,17,19-20,23-24H,11-14H2,1-2H3. The first kappa shape index (κ1) is 18.0. The van der Waals surface area contributed by atoms with Crippen molar-refractivity contribution >= 4 is 5.91 Å². The van der Waals surface area contributed by atoms with E-state index in [-0.39, 0.29) is 5.91 Å². The molecule has 2 aliphatic rings. The van der Waals surface area contributed by atoms with Gasteiger partial charge in [-0.15, -0.1) is 0 Å². The van der Waals surface area contributed by atoms with Gasteiger partial charge >= 0.3 is 0 Å². The largest absolute Gasteiger partial charge is 0.496 e. The Kier molecular flexibility index (Phi) is 5.14. The molecule has 2 saturated heterocycles. The molecule has 0 bridgehead atoms. The number of hydrogen-bond donors (Lipinski definition) is 2. The van der Waals surface area contributed by atoms with Crippen molar-refractivity contribution in [3.8, 4) is 5.75 Å². The summed E-state index contributed by atoms with van der Waals surface area (Å²) in [6.07, 6.45) is 2.07. The van der Waals surface area contributed by atoms with Crippen LogP contribution in [-0.2, 0) is 0 Å². The van der Waals surface area contributed by atoms with E-state index in [9.17, 15) is 4.79 Å². The van der Waals surface area contributed by atoms with Crippen molar-refractivity contribution in [1.82, 2.24) is 15.8 Å². The van der Waals surface area contributed by atoms with Crippen LogP contribution in [-0.4, -0.2) is 37.0 Å². The SMILES string of the molecule is COc1ccccc1C(=O)N1CCC(C2CC(c3ccc(C)cc3)NN2)C1. The molecule has 2 fully saturated rings. The van der Waals surface area contributed by atoms with Crippen LogP contribution >= 0.6 is 0 Å². The van der Waals surface area contributed by atoms with Gasteiger partial charge in [0.2, 0.25) is 0 Å². The van der Waals surface area contributed by atoms with Crippen molar-refractivity contribution < 1.29 is 9.53 Å². The molecule has 2 heterocycles. The zero-order chi connectivity index (χ0) is 18.8. The minimum Gasteiger partial charge on any atom is -0.496 e. The van der Waals surface area contributed by atoms with Crippen LogP contribution < -0.4 is 15.6 Å². The molecule has 5 nitrogen and oxygen atoms in total. The molecule has 2 aromatic carbocycles. The first-order chi connectivity index (χ1) is 13.2. The van der Waals surface area contributed by atoms with E-state index in [2.05, 4.69) is 42.0 Å². The van der Waals surface area contributed by atoms with Crippen molar-refractivity contribution in [2.75, 3.05) is 20.2 Å². The third kappa shape index (κ3) is 3.70. The second kappa shape index (κ2) is 7.71. The predicted molar refractivity (Wildman–Crippen MR) is 106 cm³/mol. The summed E-state index contributed by atoms with van der Waals surface area (Å²) < 4.78 is 5.35. The third-order valence-corrected chi connectivity index (χ3v) is 5.83. The van der Waals surface area contributed by atoms with Crippen molar-refractivity contribution in [2.24, 2.45) is 5.92 Å². The van der Waals surface area contributed by atoms with Crippen LogP contribution in [0.4, 0.5) is 0 Å². The fourth-order valence-electron chi connectivity index (χ4n) is 4.20. The maximum absolute atomic E-state index is 12.9.